The lowest BCUT2D eigenvalue weighted by atomic mass is 9.86. The molecule has 0 aromatic rings. The van der Waals surface area contributed by atoms with Crippen molar-refractivity contribution < 1.29 is 53.1 Å². The number of rotatable bonds is 15. The number of epoxide rings is 1. The maximum Gasteiger partial charge on any atom is 0.410 e. The van der Waals surface area contributed by atoms with Crippen LogP contribution in [0.2, 0.25) is 36.3 Å². The maximum atomic E-state index is 13.9. The van der Waals surface area contributed by atoms with Crippen LogP contribution >= 0.6 is 0 Å². The normalized spacial score (nSPS) is 31.1. The highest BCUT2D eigenvalue weighted by atomic mass is 28.4. The molecule has 3 aliphatic heterocycles. The zero-order valence-electron chi connectivity index (χ0n) is 44.4. The predicted molar refractivity (Wildman–Crippen MR) is 269 cm³/mol. The first-order valence-electron chi connectivity index (χ1n) is 25.6. The Labute approximate surface area is 407 Å². The van der Waals surface area contributed by atoms with Crippen molar-refractivity contribution in [2.75, 3.05) is 26.2 Å². The van der Waals surface area contributed by atoms with E-state index in [0.717, 1.165) is 13.1 Å². The number of carbonyl (C=O) groups is 2. The van der Waals surface area contributed by atoms with Gasteiger partial charge in [-0.3, -0.25) is 9.69 Å². The molecule has 16 heteroatoms. The minimum absolute atomic E-state index is 0.00754. The van der Waals surface area contributed by atoms with Gasteiger partial charge in [0.2, 0.25) is 0 Å². The second-order valence-corrected chi connectivity index (χ2v) is 33.9. The summed E-state index contributed by atoms with van der Waals surface area (Å²) >= 11 is 0. The van der Waals surface area contributed by atoms with E-state index in [2.05, 4.69) is 72.6 Å². The average molecular weight is 983 g/mol. The van der Waals surface area contributed by atoms with Gasteiger partial charge in [-0.25, -0.2) is 4.79 Å². The highest BCUT2D eigenvalue weighted by molar-refractivity contribution is 6.74. The van der Waals surface area contributed by atoms with Crippen LogP contribution in [-0.2, 0) is 27.9 Å². The topological polar surface area (TPSA) is 197 Å². The van der Waals surface area contributed by atoms with Crippen molar-refractivity contribution in [1.82, 2.24) is 9.80 Å². The number of cyclic esters (lactones) is 1. The first-order valence-corrected chi connectivity index (χ1v) is 31.4. The van der Waals surface area contributed by atoms with Crippen molar-refractivity contribution in [2.24, 2.45) is 11.7 Å². The molecule has 4 aliphatic rings. The fourth-order valence-electron chi connectivity index (χ4n) is 9.63. The van der Waals surface area contributed by atoms with Crippen molar-refractivity contribution >= 4 is 28.7 Å². The van der Waals surface area contributed by atoms with Crippen molar-refractivity contribution in [2.45, 2.75) is 255 Å². The highest BCUT2D eigenvalue weighted by Crippen LogP contribution is 2.42. The molecule has 67 heavy (non-hydrogen) atoms. The molecular weight excluding hydrogens is 887 g/mol. The fourth-order valence-corrected chi connectivity index (χ4v) is 12.5. The van der Waals surface area contributed by atoms with Gasteiger partial charge < -0.3 is 54.1 Å². The van der Waals surface area contributed by atoms with E-state index in [4.69, 9.17) is 28.8 Å². The summed E-state index contributed by atoms with van der Waals surface area (Å²) in [6, 6.07) is 0.139. The summed E-state index contributed by atoms with van der Waals surface area (Å²) in [5, 5.41) is 46.6. The van der Waals surface area contributed by atoms with Crippen LogP contribution in [0.3, 0.4) is 0 Å². The van der Waals surface area contributed by atoms with Crippen molar-refractivity contribution in [3.8, 4) is 0 Å². The fraction of sp³-hybridized carbons (Fsp3) is 0.882. The SMILES string of the molecule is CC[C@H](O[Si](C)(C)C(C)(C)C)[C@@H](N)[C@H]1O[C@@H]1C[C@@](C)(O)CC(O)(O)/C=C(\C)[C@H]1OC(=O)CC(O[Si](C)(C)C(C)(C)C)CC[C@@](C)(O)[C@@H](OC(=O)N2CCN(C3CCCCCC3)CC2)/C=C/[C@@H]1C. The molecule has 4 rings (SSSR count). The molecule has 0 aromatic carbocycles. The molecule has 1 saturated carbocycles. The third-order valence-electron chi connectivity index (χ3n) is 16.0. The second kappa shape index (κ2) is 22.8. The van der Waals surface area contributed by atoms with Gasteiger partial charge in [0.05, 0.1) is 36.4 Å². The first-order chi connectivity index (χ1) is 30.7. The molecule has 2 saturated heterocycles. The summed E-state index contributed by atoms with van der Waals surface area (Å²) in [4.78, 5) is 32.1. The van der Waals surface area contributed by atoms with Gasteiger partial charge in [0.25, 0.3) is 0 Å². The molecule has 6 N–H and O–H groups in total. The molecule has 1 unspecified atom stereocenters. The van der Waals surface area contributed by atoms with Gasteiger partial charge in [0.15, 0.2) is 28.5 Å². The number of esters is 1. The molecular formula is C51H95N3O11Si2. The van der Waals surface area contributed by atoms with Crippen molar-refractivity contribution in [1.29, 1.82) is 0 Å². The highest BCUT2D eigenvalue weighted by Gasteiger charge is 2.52. The predicted octanol–water partition coefficient (Wildman–Crippen LogP) is 8.31. The van der Waals surface area contributed by atoms with Crippen molar-refractivity contribution in [3.63, 3.8) is 0 Å². The van der Waals surface area contributed by atoms with E-state index in [1.807, 2.05) is 13.8 Å². The van der Waals surface area contributed by atoms with Crippen LogP contribution in [0.15, 0.2) is 23.8 Å². The van der Waals surface area contributed by atoms with Crippen LogP contribution in [0.4, 0.5) is 4.79 Å². The molecule has 1 amide bonds. The Morgan fingerprint density at radius 3 is 2.07 bits per heavy atom. The number of amides is 1. The molecule has 10 atom stereocenters. The van der Waals surface area contributed by atoms with E-state index in [0.29, 0.717) is 37.5 Å². The Balaban J connectivity index is 1.54. The van der Waals surface area contributed by atoms with Crippen LogP contribution in [0.5, 0.6) is 0 Å². The summed E-state index contributed by atoms with van der Waals surface area (Å²) in [6.45, 7) is 32.9. The lowest BCUT2D eigenvalue weighted by Gasteiger charge is -2.41. The minimum Gasteiger partial charge on any atom is -0.457 e. The average Bonchev–Trinajstić information content (AvgIpc) is 4.00. The number of carbonyl (C=O) groups excluding carboxylic acids is 2. The number of piperazine rings is 1. The van der Waals surface area contributed by atoms with Gasteiger partial charge in [-0.05, 0) is 107 Å². The zero-order valence-corrected chi connectivity index (χ0v) is 46.4. The Kier molecular flexibility index (Phi) is 19.7. The number of ether oxygens (including phenoxy) is 3. The van der Waals surface area contributed by atoms with Crippen LogP contribution in [0, 0.1) is 5.92 Å². The quantitative estimate of drug-likeness (QED) is 0.0263. The van der Waals surface area contributed by atoms with Gasteiger partial charge in [-0.15, -0.1) is 0 Å². The minimum atomic E-state index is -2.51. The second-order valence-electron chi connectivity index (χ2n) is 24.4. The van der Waals surface area contributed by atoms with Crippen LogP contribution < -0.4 is 5.73 Å². The zero-order chi connectivity index (χ0) is 50.6. The number of hydrogen-bond acceptors (Lipinski definition) is 13. The van der Waals surface area contributed by atoms with Gasteiger partial charge in [0, 0.05) is 51.0 Å². The molecule has 0 spiro atoms. The maximum absolute atomic E-state index is 13.9. The molecule has 0 aromatic heterocycles. The molecule has 14 nitrogen and oxygen atoms in total. The molecule has 388 valence electrons. The number of hydrogen-bond donors (Lipinski definition) is 5. The molecule has 3 fully saturated rings. The number of nitrogens with two attached hydrogens (primary N) is 1. The lowest BCUT2D eigenvalue weighted by molar-refractivity contribution is -0.164. The molecule has 3 heterocycles. The standard InChI is InChI=1S/C51H95N3O11Si2/c1-16-39(65-67(14,15)48(7,8)9)43(52)45-40(61-45)33-49(10,57)34-51(59,60)32-36(3)44-35(2)23-24-41(62-46(56)54-29-27-53(28-30-54)37-21-19-17-18-20-22-37)50(11,58)26-25-38(31-42(55)63-44)64-66(12,13)47(4,5)6/h23-24,32,35,37-41,43-45,57-60H,16-22,25-31,33-34,52H2,1-15H3/b24-23+,36-32+/t35-,38?,39-,40+,41-,43+,44-,45-,49+,50+/m0/s1. The summed E-state index contributed by atoms with van der Waals surface area (Å²) in [5.41, 5.74) is 3.96. The van der Waals surface area contributed by atoms with Gasteiger partial charge in [-0.2, -0.15) is 0 Å². The van der Waals surface area contributed by atoms with Gasteiger partial charge >= 0.3 is 12.1 Å². The molecule has 0 bridgehead atoms. The summed E-state index contributed by atoms with van der Waals surface area (Å²) < 4.78 is 31.9. The van der Waals surface area contributed by atoms with E-state index >= 15 is 0 Å². The van der Waals surface area contributed by atoms with E-state index in [1.165, 1.54) is 44.6 Å². The lowest BCUT2D eigenvalue weighted by Crippen LogP contribution is -2.53. The molecule has 0 radical (unpaired) electrons. The van der Waals surface area contributed by atoms with E-state index in [1.54, 1.807) is 37.8 Å². The van der Waals surface area contributed by atoms with E-state index in [-0.39, 0.29) is 41.5 Å². The smallest absolute Gasteiger partial charge is 0.410 e. The van der Waals surface area contributed by atoms with E-state index in [9.17, 15) is 30.0 Å². The number of aliphatic hydroxyl groups is 4. The molecule has 1 aliphatic carbocycles. The monoisotopic (exact) mass is 982 g/mol. The van der Waals surface area contributed by atoms with Gasteiger partial charge in [0.1, 0.15) is 17.8 Å². The summed E-state index contributed by atoms with van der Waals surface area (Å²) in [5.74, 6) is -3.61. The first kappa shape index (κ1) is 57.9. The Hall–Kier alpha value is -1.71. The Morgan fingerprint density at radius 1 is 0.940 bits per heavy atom. The summed E-state index contributed by atoms with van der Waals surface area (Å²) in [6.07, 6.45) is 8.76. The largest absolute Gasteiger partial charge is 0.457 e. The summed E-state index contributed by atoms with van der Waals surface area (Å²) in [7, 11) is -4.53. The number of nitrogens with zero attached hydrogens (tertiary/aromatic N) is 2. The van der Waals surface area contributed by atoms with E-state index < -0.39 is 88.5 Å². The van der Waals surface area contributed by atoms with Crippen molar-refractivity contribution in [3.05, 3.63) is 23.8 Å². The Bertz CT molecular complexity index is 1670. The third kappa shape index (κ3) is 16.7. The van der Waals surface area contributed by atoms with Crippen LogP contribution in [0.1, 0.15) is 153 Å². The Morgan fingerprint density at radius 2 is 1.52 bits per heavy atom. The van der Waals surface area contributed by atoms with Crippen LogP contribution in [-0.4, -0.2) is 151 Å². The third-order valence-corrected chi connectivity index (χ3v) is 25.0. The van der Waals surface area contributed by atoms with Crippen LogP contribution in [0.25, 0.3) is 0 Å². The van der Waals surface area contributed by atoms with Gasteiger partial charge in [-0.1, -0.05) is 87.1 Å².